The molecule has 3 rings (SSSR count). The second-order valence-electron chi connectivity index (χ2n) is 4.82. The maximum atomic E-state index is 5.69. The van der Waals surface area contributed by atoms with Gasteiger partial charge in [0, 0.05) is 37.0 Å². The minimum Gasteiger partial charge on any atom is -0.497 e. The highest BCUT2D eigenvalue weighted by atomic mass is 16.5. The molecule has 1 aliphatic rings. The first-order valence-electron chi connectivity index (χ1n) is 6.88. The number of ether oxygens (including phenoxy) is 2. The number of aromatic nitrogens is 2. The number of hydrogen-bond donors (Lipinski definition) is 1. The highest BCUT2D eigenvalue weighted by Crippen LogP contribution is 2.34. The van der Waals surface area contributed by atoms with E-state index in [0.717, 1.165) is 37.6 Å². The molecule has 1 N–H and O–H groups in total. The van der Waals surface area contributed by atoms with Gasteiger partial charge in [0.05, 0.1) is 20.3 Å². The lowest BCUT2D eigenvalue weighted by atomic mass is 10.0. The van der Waals surface area contributed by atoms with E-state index in [2.05, 4.69) is 16.5 Å². The summed E-state index contributed by atoms with van der Waals surface area (Å²) < 4.78 is 12.9. The number of fused-ring (bicyclic) bond motifs is 1. The normalized spacial score (nSPS) is 17.4. The van der Waals surface area contributed by atoms with E-state index in [1.165, 1.54) is 5.56 Å². The number of nitrogens with zero attached hydrogens (tertiary/aromatic N) is 2. The van der Waals surface area contributed by atoms with Crippen LogP contribution < -0.4 is 14.8 Å². The van der Waals surface area contributed by atoms with Crippen molar-refractivity contribution < 1.29 is 9.47 Å². The molecule has 1 aromatic carbocycles. The number of benzene rings is 1. The van der Waals surface area contributed by atoms with Crippen molar-refractivity contribution >= 4 is 0 Å². The predicted molar refractivity (Wildman–Crippen MR) is 76.1 cm³/mol. The first-order valence-corrected chi connectivity index (χ1v) is 6.88. The van der Waals surface area contributed by atoms with Crippen molar-refractivity contribution in [3.8, 4) is 11.5 Å². The van der Waals surface area contributed by atoms with E-state index in [1.807, 2.05) is 29.1 Å². The van der Waals surface area contributed by atoms with Crippen LogP contribution in [0.2, 0.25) is 0 Å². The lowest BCUT2D eigenvalue weighted by Crippen LogP contribution is -2.29. The van der Waals surface area contributed by atoms with Gasteiger partial charge >= 0.3 is 0 Å². The van der Waals surface area contributed by atoms with E-state index >= 15 is 0 Å². The van der Waals surface area contributed by atoms with Crippen LogP contribution >= 0.6 is 0 Å². The molecule has 0 radical (unpaired) electrons. The molecule has 2 heterocycles. The van der Waals surface area contributed by atoms with Crippen LogP contribution in [0.3, 0.4) is 0 Å². The lowest BCUT2D eigenvalue weighted by Gasteiger charge is -2.27. The molecule has 20 heavy (non-hydrogen) atoms. The predicted octanol–water partition coefficient (Wildman–Crippen LogP) is 2.01. The summed E-state index contributed by atoms with van der Waals surface area (Å²) in [5, 5.41) is 7.77. The molecule has 0 spiro atoms. The van der Waals surface area contributed by atoms with Crippen molar-refractivity contribution in [1.82, 2.24) is 15.1 Å². The summed E-state index contributed by atoms with van der Waals surface area (Å²) in [5.41, 5.74) is 1.18. The smallest absolute Gasteiger partial charge is 0.124 e. The Balaban J connectivity index is 1.66. The van der Waals surface area contributed by atoms with Crippen LogP contribution in [-0.4, -0.2) is 30.0 Å². The van der Waals surface area contributed by atoms with Gasteiger partial charge in [-0.2, -0.15) is 5.10 Å². The molecule has 0 fully saturated rings. The van der Waals surface area contributed by atoms with Crippen LogP contribution in [0.1, 0.15) is 18.0 Å². The van der Waals surface area contributed by atoms with Gasteiger partial charge in [0.1, 0.15) is 11.5 Å². The molecule has 0 bridgehead atoms. The van der Waals surface area contributed by atoms with Crippen molar-refractivity contribution in [3.63, 3.8) is 0 Å². The number of methoxy groups -OCH3 is 1. The molecule has 0 saturated carbocycles. The van der Waals surface area contributed by atoms with Crippen LogP contribution in [0.15, 0.2) is 36.7 Å². The Kier molecular flexibility index (Phi) is 3.87. The Morgan fingerprint density at radius 3 is 3.25 bits per heavy atom. The quantitative estimate of drug-likeness (QED) is 0.905. The van der Waals surface area contributed by atoms with Crippen LogP contribution in [0.5, 0.6) is 11.5 Å². The van der Waals surface area contributed by atoms with Crippen LogP contribution in [0.25, 0.3) is 0 Å². The van der Waals surface area contributed by atoms with Gasteiger partial charge in [0.25, 0.3) is 0 Å². The van der Waals surface area contributed by atoms with Gasteiger partial charge < -0.3 is 14.8 Å². The van der Waals surface area contributed by atoms with Gasteiger partial charge in [-0.15, -0.1) is 0 Å². The fraction of sp³-hybridized carbons (Fsp3) is 0.400. The van der Waals surface area contributed by atoms with Crippen LogP contribution in [0.4, 0.5) is 0 Å². The zero-order valence-corrected chi connectivity index (χ0v) is 11.6. The van der Waals surface area contributed by atoms with E-state index < -0.39 is 0 Å². The minimum atomic E-state index is 0.310. The van der Waals surface area contributed by atoms with Crippen molar-refractivity contribution in [3.05, 3.63) is 42.2 Å². The fourth-order valence-electron chi connectivity index (χ4n) is 2.50. The van der Waals surface area contributed by atoms with Gasteiger partial charge in [-0.25, -0.2) is 0 Å². The molecule has 2 aromatic rings. The standard InChI is InChI=1S/C15H19N3O2/c1-19-12-3-4-15-13(11-12)14(5-10-20-15)16-7-9-18-8-2-6-17-18/h2-4,6,8,11,14,16H,5,7,9-10H2,1H3. The van der Waals surface area contributed by atoms with E-state index in [0.29, 0.717) is 6.04 Å². The average molecular weight is 273 g/mol. The van der Waals surface area contributed by atoms with Crippen LogP contribution in [0, 0.1) is 0 Å². The number of nitrogens with one attached hydrogen (secondary N) is 1. The first-order chi connectivity index (χ1) is 9.86. The van der Waals surface area contributed by atoms with Crippen molar-refractivity contribution in [2.24, 2.45) is 0 Å². The third-order valence-corrected chi connectivity index (χ3v) is 3.55. The zero-order valence-electron chi connectivity index (χ0n) is 11.6. The number of rotatable bonds is 5. The SMILES string of the molecule is COc1ccc2c(c1)C(NCCn1cccn1)CCO2. The van der Waals surface area contributed by atoms with Gasteiger partial charge in [0.15, 0.2) is 0 Å². The highest BCUT2D eigenvalue weighted by molar-refractivity contribution is 5.43. The maximum absolute atomic E-state index is 5.69. The van der Waals surface area contributed by atoms with E-state index in [9.17, 15) is 0 Å². The molecule has 0 amide bonds. The fourth-order valence-corrected chi connectivity index (χ4v) is 2.50. The number of hydrogen-bond acceptors (Lipinski definition) is 4. The minimum absolute atomic E-state index is 0.310. The average Bonchev–Trinajstić information content (AvgIpc) is 3.00. The molecule has 0 saturated heterocycles. The molecule has 1 atom stereocenters. The molecule has 1 aromatic heterocycles. The molecule has 1 unspecified atom stereocenters. The Bertz CT molecular complexity index is 554. The molecular weight excluding hydrogens is 254 g/mol. The topological polar surface area (TPSA) is 48.3 Å². The van der Waals surface area contributed by atoms with Gasteiger partial charge in [0.2, 0.25) is 0 Å². The first kappa shape index (κ1) is 13.0. The largest absolute Gasteiger partial charge is 0.497 e. The molecular formula is C15H19N3O2. The van der Waals surface area contributed by atoms with Crippen molar-refractivity contribution in [2.45, 2.75) is 19.0 Å². The Morgan fingerprint density at radius 1 is 1.50 bits per heavy atom. The molecule has 5 nitrogen and oxygen atoms in total. The van der Waals surface area contributed by atoms with E-state index in [4.69, 9.17) is 9.47 Å². The summed E-state index contributed by atoms with van der Waals surface area (Å²) in [6.45, 7) is 2.49. The molecule has 106 valence electrons. The second-order valence-corrected chi connectivity index (χ2v) is 4.82. The van der Waals surface area contributed by atoms with Crippen molar-refractivity contribution in [1.29, 1.82) is 0 Å². The van der Waals surface area contributed by atoms with Gasteiger partial charge in [-0.3, -0.25) is 4.68 Å². The maximum Gasteiger partial charge on any atom is 0.124 e. The summed E-state index contributed by atoms with van der Waals surface area (Å²) in [5.74, 6) is 1.82. The summed E-state index contributed by atoms with van der Waals surface area (Å²) in [4.78, 5) is 0. The van der Waals surface area contributed by atoms with E-state index in [1.54, 1.807) is 13.3 Å². The van der Waals surface area contributed by atoms with Crippen molar-refractivity contribution in [2.75, 3.05) is 20.3 Å². The molecule has 1 aliphatic heterocycles. The Labute approximate surface area is 118 Å². The van der Waals surface area contributed by atoms with Gasteiger partial charge in [-0.05, 0) is 24.3 Å². The Hall–Kier alpha value is -2.01. The third kappa shape index (κ3) is 2.77. The summed E-state index contributed by atoms with van der Waals surface area (Å²) in [6.07, 6.45) is 4.75. The summed E-state index contributed by atoms with van der Waals surface area (Å²) in [6, 6.07) is 8.22. The third-order valence-electron chi connectivity index (χ3n) is 3.55. The van der Waals surface area contributed by atoms with E-state index in [-0.39, 0.29) is 0 Å². The summed E-state index contributed by atoms with van der Waals surface area (Å²) >= 11 is 0. The van der Waals surface area contributed by atoms with Gasteiger partial charge in [-0.1, -0.05) is 0 Å². The monoisotopic (exact) mass is 273 g/mol. The summed E-state index contributed by atoms with van der Waals surface area (Å²) in [7, 11) is 1.69. The zero-order chi connectivity index (χ0) is 13.8. The Morgan fingerprint density at radius 2 is 2.45 bits per heavy atom. The second kappa shape index (κ2) is 5.96. The molecule has 0 aliphatic carbocycles. The van der Waals surface area contributed by atoms with Crippen LogP contribution in [-0.2, 0) is 6.54 Å². The lowest BCUT2D eigenvalue weighted by molar-refractivity contribution is 0.250. The highest BCUT2D eigenvalue weighted by Gasteiger charge is 2.21. The molecule has 5 heteroatoms.